The third-order valence-electron chi connectivity index (χ3n) is 1.40. The first-order valence-corrected chi connectivity index (χ1v) is 5.05. The van der Waals surface area contributed by atoms with E-state index in [0.29, 0.717) is 11.2 Å². The van der Waals surface area contributed by atoms with Gasteiger partial charge in [-0.15, -0.1) is 0 Å². The molecule has 2 aromatic heterocycles. The van der Waals surface area contributed by atoms with Gasteiger partial charge in [-0.25, -0.2) is 9.97 Å². The molecule has 5 heteroatoms. The van der Waals surface area contributed by atoms with Gasteiger partial charge in [0.15, 0.2) is 5.65 Å². The summed E-state index contributed by atoms with van der Waals surface area (Å²) in [6.07, 6.45) is 2.84. The van der Waals surface area contributed by atoms with Gasteiger partial charge < -0.3 is 4.98 Å². The van der Waals surface area contributed by atoms with E-state index in [9.17, 15) is 4.79 Å². The number of aromatic amines is 1. The molecule has 0 aliphatic carbocycles. The Morgan fingerprint density at radius 1 is 1.29 bits per heavy atom. The van der Waals surface area contributed by atoms with Crippen molar-refractivity contribution >= 4 is 27.1 Å². The Bertz CT molecular complexity index is 481. The summed E-state index contributed by atoms with van der Waals surface area (Å²) in [5, 5.41) is 0. The highest BCUT2D eigenvalue weighted by Gasteiger charge is 1.96. The van der Waals surface area contributed by atoms with E-state index in [1.54, 1.807) is 12.3 Å². The molecule has 74 valence electrons. The molecule has 0 radical (unpaired) electrons. The van der Waals surface area contributed by atoms with Gasteiger partial charge in [-0.2, -0.15) is 0 Å². The van der Waals surface area contributed by atoms with Crippen LogP contribution in [0.5, 0.6) is 0 Å². The molecule has 0 spiro atoms. The molecule has 2 rings (SSSR count). The summed E-state index contributed by atoms with van der Waals surface area (Å²) in [6.45, 7) is 4.00. The van der Waals surface area contributed by atoms with Crippen LogP contribution in [0, 0.1) is 0 Å². The van der Waals surface area contributed by atoms with Crippen LogP contribution in [-0.2, 0) is 0 Å². The minimum absolute atomic E-state index is 0.220. The van der Waals surface area contributed by atoms with Crippen LogP contribution in [0.4, 0.5) is 0 Å². The van der Waals surface area contributed by atoms with Crippen molar-refractivity contribution in [3.63, 3.8) is 0 Å². The van der Waals surface area contributed by atoms with Gasteiger partial charge >= 0.3 is 0 Å². The van der Waals surface area contributed by atoms with Crippen molar-refractivity contribution in [3.8, 4) is 0 Å². The molecule has 14 heavy (non-hydrogen) atoms. The first-order chi connectivity index (χ1) is 6.75. The second-order valence-corrected chi connectivity index (χ2v) is 3.19. The molecule has 1 N–H and O–H groups in total. The van der Waals surface area contributed by atoms with Gasteiger partial charge in [-0.1, -0.05) is 13.8 Å². The van der Waals surface area contributed by atoms with Crippen molar-refractivity contribution in [2.45, 2.75) is 13.8 Å². The van der Waals surface area contributed by atoms with Crippen LogP contribution in [0.3, 0.4) is 0 Å². The zero-order chi connectivity index (χ0) is 10.6. The molecule has 0 atom stereocenters. The molecule has 4 nitrogen and oxygen atoms in total. The molecule has 0 fully saturated rings. The van der Waals surface area contributed by atoms with E-state index < -0.39 is 0 Å². The van der Waals surface area contributed by atoms with E-state index in [2.05, 4.69) is 30.9 Å². The number of nitrogens with zero attached hydrogens (tertiary/aromatic N) is 2. The molecule has 0 amide bonds. The number of rotatable bonds is 0. The van der Waals surface area contributed by atoms with Gasteiger partial charge in [0.25, 0.3) is 5.56 Å². The molecule has 2 aromatic rings. The minimum atomic E-state index is -0.220. The van der Waals surface area contributed by atoms with Crippen LogP contribution in [0.15, 0.2) is 27.7 Å². The van der Waals surface area contributed by atoms with Gasteiger partial charge in [-0.05, 0) is 22.0 Å². The summed E-state index contributed by atoms with van der Waals surface area (Å²) in [5.74, 6) is 0. The normalized spacial score (nSPS) is 9.36. The summed E-state index contributed by atoms with van der Waals surface area (Å²) in [5.41, 5.74) is 0.956. The Hall–Kier alpha value is -1.23. The van der Waals surface area contributed by atoms with Gasteiger partial charge in [0.1, 0.15) is 0 Å². The lowest BCUT2D eigenvalue weighted by Crippen LogP contribution is -2.05. The minimum Gasteiger partial charge on any atom is -0.318 e. The molecule has 2 heterocycles. The van der Waals surface area contributed by atoms with Gasteiger partial charge in [0.2, 0.25) is 0 Å². The number of hydrogen-bond donors (Lipinski definition) is 1. The Labute approximate surface area is 89.5 Å². The number of H-pyrrole nitrogens is 1. The standard InChI is InChI=1S/C7H4BrN3O.C2H6/c8-4-1-5-7(9-2-4)10-3-6(12)11-5;1-2/h1-3H,(H,11,12);1-2H3. The summed E-state index contributed by atoms with van der Waals surface area (Å²) in [4.78, 5) is 21.3. The largest absolute Gasteiger partial charge is 0.318 e. The summed E-state index contributed by atoms with van der Waals surface area (Å²) >= 11 is 3.24. The first-order valence-electron chi connectivity index (χ1n) is 4.26. The molecule has 0 saturated heterocycles. The molecule has 0 aromatic carbocycles. The number of fused-ring (bicyclic) bond motifs is 1. The fourth-order valence-electron chi connectivity index (χ4n) is 0.912. The van der Waals surface area contributed by atoms with Crippen molar-refractivity contribution in [2.75, 3.05) is 0 Å². The lowest BCUT2D eigenvalue weighted by Gasteiger charge is -1.94. The second kappa shape index (κ2) is 4.85. The van der Waals surface area contributed by atoms with Crippen LogP contribution in [0.2, 0.25) is 0 Å². The van der Waals surface area contributed by atoms with Crippen LogP contribution in [-0.4, -0.2) is 15.0 Å². The number of halogens is 1. The van der Waals surface area contributed by atoms with Gasteiger partial charge in [-0.3, -0.25) is 4.79 Å². The van der Waals surface area contributed by atoms with Crippen molar-refractivity contribution in [2.24, 2.45) is 0 Å². The molecule has 0 aliphatic heterocycles. The molecule has 0 aliphatic rings. The van der Waals surface area contributed by atoms with E-state index in [1.807, 2.05) is 13.8 Å². The third kappa shape index (κ3) is 2.38. The van der Waals surface area contributed by atoms with Crippen LogP contribution >= 0.6 is 15.9 Å². The van der Waals surface area contributed by atoms with Crippen molar-refractivity contribution in [1.29, 1.82) is 0 Å². The van der Waals surface area contributed by atoms with Gasteiger partial charge in [0.05, 0.1) is 11.7 Å². The van der Waals surface area contributed by atoms with Crippen LogP contribution in [0.1, 0.15) is 13.8 Å². The quantitative estimate of drug-likeness (QED) is 0.785. The Morgan fingerprint density at radius 2 is 1.93 bits per heavy atom. The van der Waals surface area contributed by atoms with Crippen molar-refractivity contribution < 1.29 is 0 Å². The van der Waals surface area contributed by atoms with E-state index in [4.69, 9.17) is 0 Å². The fourth-order valence-corrected chi connectivity index (χ4v) is 1.24. The summed E-state index contributed by atoms with van der Waals surface area (Å²) in [6, 6.07) is 1.76. The Morgan fingerprint density at radius 3 is 2.64 bits per heavy atom. The smallest absolute Gasteiger partial charge is 0.266 e. The maximum Gasteiger partial charge on any atom is 0.266 e. The second-order valence-electron chi connectivity index (χ2n) is 2.27. The number of nitrogens with one attached hydrogen (secondary N) is 1. The summed E-state index contributed by atoms with van der Waals surface area (Å²) in [7, 11) is 0. The zero-order valence-corrected chi connectivity index (χ0v) is 9.50. The van der Waals surface area contributed by atoms with E-state index in [0.717, 1.165) is 4.47 Å². The number of hydrogen-bond acceptors (Lipinski definition) is 3. The lowest BCUT2D eigenvalue weighted by atomic mass is 10.4. The predicted octanol–water partition coefficient (Wildman–Crippen LogP) is 2.11. The highest BCUT2D eigenvalue weighted by Crippen LogP contribution is 2.11. The molecule has 0 unspecified atom stereocenters. The topological polar surface area (TPSA) is 58.6 Å². The highest BCUT2D eigenvalue weighted by atomic mass is 79.9. The van der Waals surface area contributed by atoms with E-state index in [1.165, 1.54) is 6.20 Å². The van der Waals surface area contributed by atoms with E-state index in [-0.39, 0.29) is 5.56 Å². The van der Waals surface area contributed by atoms with Crippen molar-refractivity contribution in [3.05, 3.63) is 33.3 Å². The summed E-state index contributed by atoms with van der Waals surface area (Å²) < 4.78 is 0.818. The Balaban J connectivity index is 0.000000461. The molecule has 0 bridgehead atoms. The highest BCUT2D eigenvalue weighted by molar-refractivity contribution is 9.10. The molecule has 0 saturated carbocycles. The fraction of sp³-hybridized carbons (Fsp3) is 0.222. The maximum absolute atomic E-state index is 10.8. The Kier molecular flexibility index (Phi) is 3.76. The molecular weight excluding hydrogens is 246 g/mol. The average Bonchev–Trinajstić information content (AvgIpc) is 2.20. The lowest BCUT2D eigenvalue weighted by molar-refractivity contribution is 1.17. The first kappa shape index (κ1) is 10.8. The SMILES string of the molecule is CC.O=c1cnc2ncc(Br)cc2[nH]1. The average molecular weight is 256 g/mol. The number of pyridine rings is 1. The number of aromatic nitrogens is 3. The monoisotopic (exact) mass is 255 g/mol. The maximum atomic E-state index is 10.8. The van der Waals surface area contributed by atoms with E-state index >= 15 is 0 Å². The van der Waals surface area contributed by atoms with Crippen LogP contribution < -0.4 is 5.56 Å². The van der Waals surface area contributed by atoms with Gasteiger partial charge in [0, 0.05) is 10.7 Å². The zero-order valence-electron chi connectivity index (χ0n) is 7.91. The van der Waals surface area contributed by atoms with Crippen molar-refractivity contribution in [1.82, 2.24) is 15.0 Å². The third-order valence-corrected chi connectivity index (χ3v) is 1.83. The molecular formula is C9H10BrN3O. The van der Waals surface area contributed by atoms with Crippen LogP contribution in [0.25, 0.3) is 11.2 Å². The predicted molar refractivity (Wildman–Crippen MR) is 59.2 cm³/mol.